The van der Waals surface area contributed by atoms with E-state index in [0.717, 1.165) is 0 Å². The quantitative estimate of drug-likeness (QED) is 0.685. The molecule has 0 atom stereocenters. The molecule has 0 saturated carbocycles. The van der Waals surface area contributed by atoms with E-state index in [-0.39, 0.29) is 15.6 Å². The van der Waals surface area contributed by atoms with Gasteiger partial charge in [0.05, 0.1) is 15.6 Å². The maximum atomic E-state index is 10.9. The largest absolute Gasteiger partial charge is 0.275 e. The van der Waals surface area contributed by atoms with Gasteiger partial charge in [-0.1, -0.05) is 34.8 Å². The first-order chi connectivity index (χ1) is 5.95. The molecule has 1 aromatic rings. The van der Waals surface area contributed by atoms with Crippen LogP contribution in [0.1, 0.15) is 15.9 Å². The van der Waals surface area contributed by atoms with E-state index in [1.165, 1.54) is 6.07 Å². The predicted molar refractivity (Wildman–Crippen MR) is 56.4 cm³/mol. The minimum absolute atomic E-state index is 0.104. The summed E-state index contributed by atoms with van der Waals surface area (Å²) in [5, 5.41) is 0.101. The zero-order valence-corrected chi connectivity index (χ0v) is 9.52. The number of carbonyl (C=O) groups is 1. The van der Waals surface area contributed by atoms with Crippen molar-refractivity contribution in [2.45, 2.75) is 6.92 Å². The van der Waals surface area contributed by atoms with Gasteiger partial charge >= 0.3 is 0 Å². The first-order valence-electron chi connectivity index (χ1n) is 3.29. The molecule has 0 aliphatic rings. The zero-order chi connectivity index (χ0) is 10.2. The highest BCUT2D eigenvalue weighted by Crippen LogP contribution is 2.34. The summed E-state index contributed by atoms with van der Waals surface area (Å²) in [7, 11) is 0. The summed E-state index contributed by atoms with van der Waals surface area (Å²) >= 11 is 22.6. The highest BCUT2D eigenvalue weighted by Gasteiger charge is 2.16. The van der Waals surface area contributed by atoms with Crippen LogP contribution < -0.4 is 0 Å². The van der Waals surface area contributed by atoms with Crippen LogP contribution in [0.4, 0.5) is 0 Å². The Morgan fingerprint density at radius 3 is 2.23 bits per heavy atom. The van der Waals surface area contributed by atoms with Crippen molar-refractivity contribution in [3.8, 4) is 0 Å². The maximum Gasteiger partial charge on any atom is 0.255 e. The minimum Gasteiger partial charge on any atom is -0.275 e. The van der Waals surface area contributed by atoms with E-state index in [2.05, 4.69) is 0 Å². The molecular formula is C8H4Cl4O. The molecule has 0 heterocycles. The highest BCUT2D eigenvalue weighted by molar-refractivity contribution is 6.70. The summed E-state index contributed by atoms with van der Waals surface area (Å²) in [6.07, 6.45) is 0. The van der Waals surface area contributed by atoms with Gasteiger partial charge in [-0.3, -0.25) is 4.79 Å². The summed E-state index contributed by atoms with van der Waals surface area (Å²) in [6, 6.07) is 1.44. The Balaban J connectivity index is 3.53. The molecule has 0 fully saturated rings. The van der Waals surface area contributed by atoms with E-state index in [0.29, 0.717) is 10.6 Å². The molecule has 0 saturated heterocycles. The second-order valence-electron chi connectivity index (χ2n) is 2.43. The smallest absolute Gasteiger partial charge is 0.255 e. The molecule has 0 aliphatic heterocycles. The summed E-state index contributed by atoms with van der Waals surface area (Å²) in [4.78, 5) is 10.9. The summed E-state index contributed by atoms with van der Waals surface area (Å²) in [6.45, 7) is 1.68. The second kappa shape index (κ2) is 4.05. The van der Waals surface area contributed by atoms with Crippen molar-refractivity contribution in [2.75, 3.05) is 0 Å². The van der Waals surface area contributed by atoms with Crippen LogP contribution in [0.3, 0.4) is 0 Å². The van der Waals surface area contributed by atoms with Crippen LogP contribution >= 0.6 is 46.4 Å². The van der Waals surface area contributed by atoms with Crippen molar-refractivity contribution in [3.63, 3.8) is 0 Å². The Bertz CT molecular complexity index is 373. The van der Waals surface area contributed by atoms with Crippen LogP contribution in [0.25, 0.3) is 0 Å². The number of rotatable bonds is 1. The average Bonchev–Trinajstić information content (AvgIpc) is 1.99. The van der Waals surface area contributed by atoms with Gasteiger partial charge in [-0.25, -0.2) is 0 Å². The molecule has 0 aromatic heterocycles. The Labute approximate surface area is 95.5 Å². The lowest BCUT2D eigenvalue weighted by Crippen LogP contribution is -1.94. The van der Waals surface area contributed by atoms with E-state index in [9.17, 15) is 4.79 Å². The number of halogens is 4. The SMILES string of the molecule is Cc1c(Cl)cc(Cl)c(C(=O)Cl)c1Cl. The molecule has 0 spiro atoms. The van der Waals surface area contributed by atoms with Crippen molar-refractivity contribution in [1.29, 1.82) is 0 Å². The lowest BCUT2D eigenvalue weighted by molar-refractivity contribution is 0.108. The van der Waals surface area contributed by atoms with Gasteiger partial charge in [0.1, 0.15) is 0 Å². The van der Waals surface area contributed by atoms with Crippen LogP contribution in [0.2, 0.25) is 15.1 Å². The maximum absolute atomic E-state index is 10.9. The van der Waals surface area contributed by atoms with E-state index < -0.39 is 5.24 Å². The molecule has 0 aliphatic carbocycles. The van der Waals surface area contributed by atoms with Crippen LogP contribution in [-0.2, 0) is 0 Å². The van der Waals surface area contributed by atoms with Gasteiger partial charge in [-0.05, 0) is 30.2 Å². The molecule has 0 bridgehead atoms. The van der Waals surface area contributed by atoms with E-state index in [1.54, 1.807) is 6.92 Å². The monoisotopic (exact) mass is 256 g/mol. The van der Waals surface area contributed by atoms with Crippen molar-refractivity contribution in [3.05, 3.63) is 32.3 Å². The normalized spacial score (nSPS) is 10.2. The van der Waals surface area contributed by atoms with Gasteiger partial charge in [0.25, 0.3) is 5.24 Å². The Morgan fingerprint density at radius 1 is 1.23 bits per heavy atom. The van der Waals surface area contributed by atoms with Crippen LogP contribution in [0.5, 0.6) is 0 Å². The molecule has 0 N–H and O–H groups in total. The number of hydrogen-bond donors (Lipinski definition) is 0. The fourth-order valence-electron chi connectivity index (χ4n) is 0.869. The molecule has 0 radical (unpaired) electrons. The summed E-state index contributed by atoms with van der Waals surface area (Å²) in [5.74, 6) is 0. The first-order valence-corrected chi connectivity index (χ1v) is 4.80. The van der Waals surface area contributed by atoms with Gasteiger partial charge in [-0.2, -0.15) is 0 Å². The molecule has 1 nitrogen and oxygen atoms in total. The molecule has 0 amide bonds. The Hall–Kier alpha value is 0.0500. The molecule has 13 heavy (non-hydrogen) atoms. The molecule has 5 heteroatoms. The van der Waals surface area contributed by atoms with Gasteiger partial charge in [0.15, 0.2) is 0 Å². The van der Waals surface area contributed by atoms with E-state index >= 15 is 0 Å². The van der Waals surface area contributed by atoms with E-state index in [1.807, 2.05) is 0 Å². The Morgan fingerprint density at radius 2 is 1.77 bits per heavy atom. The Kier molecular flexibility index (Phi) is 3.47. The molecule has 1 rings (SSSR count). The standard InChI is InChI=1S/C8H4Cl4O/c1-3-4(9)2-5(10)6(7(3)11)8(12)13/h2H,1H3. The number of benzene rings is 1. The zero-order valence-electron chi connectivity index (χ0n) is 6.50. The van der Waals surface area contributed by atoms with Crippen LogP contribution in [0.15, 0.2) is 6.07 Å². The molecule has 1 aromatic carbocycles. The van der Waals surface area contributed by atoms with Gasteiger partial charge < -0.3 is 0 Å². The highest BCUT2D eigenvalue weighted by atomic mass is 35.5. The fourth-order valence-corrected chi connectivity index (χ4v) is 2.10. The lowest BCUT2D eigenvalue weighted by atomic mass is 10.1. The lowest BCUT2D eigenvalue weighted by Gasteiger charge is -2.06. The molecular weight excluding hydrogens is 254 g/mol. The number of carbonyl (C=O) groups excluding carboxylic acids is 1. The van der Waals surface area contributed by atoms with Crippen LogP contribution in [-0.4, -0.2) is 5.24 Å². The molecule has 0 unspecified atom stereocenters. The van der Waals surface area contributed by atoms with Gasteiger partial charge in [0.2, 0.25) is 0 Å². The summed E-state index contributed by atoms with van der Waals surface area (Å²) < 4.78 is 0. The van der Waals surface area contributed by atoms with Crippen LogP contribution in [0, 0.1) is 6.92 Å². The van der Waals surface area contributed by atoms with Crippen molar-refractivity contribution >= 4 is 51.6 Å². The van der Waals surface area contributed by atoms with Crippen molar-refractivity contribution in [2.24, 2.45) is 0 Å². The first kappa shape index (κ1) is 11.1. The van der Waals surface area contributed by atoms with Crippen molar-refractivity contribution < 1.29 is 4.79 Å². The third kappa shape index (κ3) is 2.10. The fraction of sp³-hybridized carbons (Fsp3) is 0.125. The minimum atomic E-state index is -0.685. The number of hydrogen-bond acceptors (Lipinski definition) is 1. The third-order valence-corrected chi connectivity index (χ3v) is 2.95. The third-order valence-electron chi connectivity index (χ3n) is 1.60. The van der Waals surface area contributed by atoms with Gasteiger partial charge in [0, 0.05) is 5.02 Å². The van der Waals surface area contributed by atoms with Gasteiger partial charge in [-0.15, -0.1) is 0 Å². The average molecular weight is 258 g/mol. The van der Waals surface area contributed by atoms with E-state index in [4.69, 9.17) is 46.4 Å². The predicted octanol–water partition coefficient (Wildman–Crippen LogP) is 4.33. The molecule has 70 valence electrons. The van der Waals surface area contributed by atoms with Crippen molar-refractivity contribution in [1.82, 2.24) is 0 Å². The second-order valence-corrected chi connectivity index (χ2v) is 3.96. The summed E-state index contributed by atoms with van der Waals surface area (Å²) in [5.41, 5.74) is 0.698. The topological polar surface area (TPSA) is 17.1 Å².